The van der Waals surface area contributed by atoms with Crippen molar-refractivity contribution in [1.29, 1.82) is 0 Å². The van der Waals surface area contributed by atoms with Crippen LogP contribution in [-0.2, 0) is 10.0 Å². The molecule has 1 fully saturated rings. The minimum Gasteiger partial charge on any atom is -0.496 e. The molecule has 1 aliphatic rings. The van der Waals surface area contributed by atoms with E-state index in [1.165, 1.54) is 12.1 Å². The first-order valence-electron chi connectivity index (χ1n) is 8.93. The fourth-order valence-electron chi connectivity index (χ4n) is 3.91. The van der Waals surface area contributed by atoms with Crippen LogP contribution in [0, 0.1) is 5.41 Å². The van der Waals surface area contributed by atoms with Crippen LogP contribution >= 0.6 is 11.6 Å². The molecule has 1 aromatic heterocycles. The summed E-state index contributed by atoms with van der Waals surface area (Å²) in [5.74, 6) is 1.66. The van der Waals surface area contributed by atoms with E-state index in [0.29, 0.717) is 28.1 Å². The molecule has 0 radical (unpaired) electrons. The van der Waals surface area contributed by atoms with Crippen molar-refractivity contribution in [3.8, 4) is 17.1 Å². The predicted molar refractivity (Wildman–Crippen MR) is 108 cm³/mol. The monoisotopic (exact) mass is 433 g/mol. The maximum atomic E-state index is 11.5. The summed E-state index contributed by atoms with van der Waals surface area (Å²) in [7, 11) is -2.15. The number of benzene rings is 2. The van der Waals surface area contributed by atoms with Gasteiger partial charge in [0.1, 0.15) is 5.75 Å². The van der Waals surface area contributed by atoms with Crippen LogP contribution in [0.2, 0.25) is 5.02 Å². The number of sulfonamides is 1. The summed E-state index contributed by atoms with van der Waals surface area (Å²) in [6, 6.07) is 11.8. The lowest BCUT2D eigenvalue weighted by molar-refractivity contribution is 0.367. The van der Waals surface area contributed by atoms with Crippen molar-refractivity contribution < 1.29 is 17.7 Å². The summed E-state index contributed by atoms with van der Waals surface area (Å²) in [5.41, 5.74) is 1.53. The molecule has 0 amide bonds. The zero-order valence-electron chi connectivity index (χ0n) is 16.1. The fourth-order valence-corrected chi connectivity index (χ4v) is 4.60. The highest BCUT2D eigenvalue weighted by atomic mass is 35.5. The van der Waals surface area contributed by atoms with Crippen molar-refractivity contribution in [2.45, 2.75) is 30.6 Å². The van der Waals surface area contributed by atoms with Crippen LogP contribution in [0.4, 0.5) is 0 Å². The molecule has 2 N–H and O–H groups in total. The predicted octanol–water partition coefficient (Wildman–Crippen LogP) is 3.95. The molecule has 0 bridgehead atoms. The summed E-state index contributed by atoms with van der Waals surface area (Å²) in [5, 5.41) is 9.85. The van der Waals surface area contributed by atoms with Crippen molar-refractivity contribution >= 4 is 21.6 Å². The van der Waals surface area contributed by atoms with Crippen LogP contribution in [0.3, 0.4) is 0 Å². The third-order valence-electron chi connectivity index (χ3n) is 5.51. The number of nitrogens with two attached hydrogens (primary N) is 1. The van der Waals surface area contributed by atoms with Gasteiger partial charge in [0.05, 0.1) is 23.5 Å². The summed E-state index contributed by atoms with van der Waals surface area (Å²) in [6.07, 6.45) is 0. The molecule has 0 spiro atoms. The smallest absolute Gasteiger partial charge is 0.238 e. The number of halogens is 1. The first-order chi connectivity index (χ1) is 13.6. The second-order valence-corrected chi connectivity index (χ2v) is 9.69. The van der Waals surface area contributed by atoms with Crippen LogP contribution in [0.25, 0.3) is 11.4 Å². The highest BCUT2D eigenvalue weighted by Gasteiger charge is 2.62. The van der Waals surface area contributed by atoms with Crippen molar-refractivity contribution in [2.75, 3.05) is 7.11 Å². The van der Waals surface area contributed by atoms with E-state index >= 15 is 0 Å². The van der Waals surface area contributed by atoms with Gasteiger partial charge >= 0.3 is 0 Å². The van der Waals surface area contributed by atoms with E-state index in [9.17, 15) is 8.42 Å². The number of methoxy groups -OCH3 is 1. The van der Waals surface area contributed by atoms with Gasteiger partial charge in [-0.15, -0.1) is 0 Å². The average molecular weight is 434 g/mol. The number of hydrogen-bond donors (Lipinski definition) is 1. The summed E-state index contributed by atoms with van der Waals surface area (Å²) in [6.45, 7) is 4.22. The molecule has 2 atom stereocenters. The molecule has 1 heterocycles. The molecule has 152 valence electrons. The Kier molecular flexibility index (Phi) is 4.68. The quantitative estimate of drug-likeness (QED) is 0.652. The zero-order valence-corrected chi connectivity index (χ0v) is 17.7. The fraction of sp³-hybridized carbons (Fsp3) is 0.300. The minimum absolute atomic E-state index is 0.00858. The highest BCUT2D eigenvalue weighted by Crippen LogP contribution is 2.69. The van der Waals surface area contributed by atoms with Crippen molar-refractivity contribution in [3.05, 3.63) is 58.9 Å². The number of ether oxygens (including phenoxy) is 1. The van der Waals surface area contributed by atoms with Gasteiger partial charge in [-0.3, -0.25) is 0 Å². The molecule has 2 aromatic carbocycles. The Hall–Kier alpha value is -2.42. The van der Waals surface area contributed by atoms with Crippen molar-refractivity contribution in [1.82, 2.24) is 10.1 Å². The molecular formula is C20H20ClN3O4S. The summed E-state index contributed by atoms with van der Waals surface area (Å²) < 4.78 is 33.9. The number of primary sulfonamides is 1. The SMILES string of the molecule is COc1ccc(Cl)cc1-c1noc([C@@H]2[C@@H](c3ccc(S(N)(=O)=O)cc3)C2(C)C)n1. The van der Waals surface area contributed by atoms with E-state index in [2.05, 4.69) is 24.0 Å². The topological polar surface area (TPSA) is 108 Å². The van der Waals surface area contributed by atoms with Crippen LogP contribution in [0.5, 0.6) is 5.75 Å². The Labute approximate surface area is 173 Å². The third-order valence-corrected chi connectivity index (χ3v) is 6.67. The number of nitrogens with zero attached hydrogens (tertiary/aromatic N) is 2. The van der Waals surface area contributed by atoms with Gasteiger partial charge in [0.2, 0.25) is 21.7 Å². The molecule has 0 unspecified atom stereocenters. The molecule has 0 aliphatic heterocycles. The number of aromatic nitrogens is 2. The number of hydrogen-bond acceptors (Lipinski definition) is 6. The zero-order chi connectivity index (χ0) is 21.0. The van der Waals surface area contributed by atoms with E-state index in [1.807, 2.05) is 0 Å². The molecular weight excluding hydrogens is 414 g/mol. The lowest BCUT2D eigenvalue weighted by Crippen LogP contribution is -2.11. The molecule has 3 aromatic rings. The Morgan fingerprint density at radius 2 is 1.83 bits per heavy atom. The van der Waals surface area contributed by atoms with Crippen molar-refractivity contribution in [3.63, 3.8) is 0 Å². The van der Waals surface area contributed by atoms with E-state index in [1.54, 1.807) is 37.4 Å². The van der Waals surface area contributed by atoms with Crippen LogP contribution < -0.4 is 9.88 Å². The minimum atomic E-state index is -3.72. The van der Waals surface area contributed by atoms with Gasteiger partial charge in [0, 0.05) is 10.9 Å². The maximum Gasteiger partial charge on any atom is 0.238 e. The normalized spacial score (nSPS) is 20.4. The van der Waals surface area contributed by atoms with Crippen LogP contribution in [0.1, 0.15) is 37.1 Å². The standard InChI is InChI=1S/C20H20ClN3O4S/c1-20(2)16(11-4-7-13(8-5-11)29(22,25)26)17(20)19-23-18(24-28-19)14-10-12(21)6-9-15(14)27-3/h4-10,16-17H,1-3H3,(H2,22,25,26)/t16-,17+/m1/s1. The molecule has 1 saturated carbocycles. The first-order valence-corrected chi connectivity index (χ1v) is 10.9. The molecule has 1 aliphatic carbocycles. The summed E-state index contributed by atoms with van der Waals surface area (Å²) in [4.78, 5) is 4.68. The molecule has 7 nitrogen and oxygen atoms in total. The molecule has 0 saturated heterocycles. The van der Waals surface area contributed by atoms with Gasteiger partial charge < -0.3 is 9.26 Å². The van der Waals surface area contributed by atoms with E-state index in [4.69, 9.17) is 26.0 Å². The van der Waals surface area contributed by atoms with E-state index in [-0.39, 0.29) is 22.1 Å². The Morgan fingerprint density at radius 1 is 1.14 bits per heavy atom. The van der Waals surface area contributed by atoms with Gasteiger partial charge in [-0.25, -0.2) is 13.6 Å². The average Bonchev–Trinajstić information content (AvgIpc) is 3.01. The third kappa shape index (κ3) is 3.52. The van der Waals surface area contributed by atoms with Crippen LogP contribution in [0.15, 0.2) is 51.9 Å². The lowest BCUT2D eigenvalue weighted by atomic mass is 10.0. The van der Waals surface area contributed by atoms with Gasteiger partial charge in [-0.2, -0.15) is 4.98 Å². The Morgan fingerprint density at radius 3 is 2.45 bits per heavy atom. The second kappa shape index (κ2) is 6.83. The van der Waals surface area contributed by atoms with Gasteiger partial charge in [0.15, 0.2) is 0 Å². The van der Waals surface area contributed by atoms with E-state index in [0.717, 1.165) is 5.56 Å². The molecule has 9 heteroatoms. The summed E-state index contributed by atoms with van der Waals surface area (Å²) >= 11 is 6.11. The maximum absolute atomic E-state index is 11.5. The van der Waals surface area contributed by atoms with Crippen LogP contribution in [-0.4, -0.2) is 25.7 Å². The molecule has 29 heavy (non-hydrogen) atoms. The second-order valence-electron chi connectivity index (χ2n) is 7.69. The largest absolute Gasteiger partial charge is 0.496 e. The number of rotatable bonds is 5. The van der Waals surface area contributed by atoms with Gasteiger partial charge in [0.25, 0.3) is 0 Å². The first kappa shape index (κ1) is 19.9. The van der Waals surface area contributed by atoms with Gasteiger partial charge in [-0.1, -0.05) is 42.7 Å². The van der Waals surface area contributed by atoms with Gasteiger partial charge in [-0.05, 0) is 41.3 Å². The van der Waals surface area contributed by atoms with Crippen molar-refractivity contribution in [2.24, 2.45) is 10.6 Å². The lowest BCUT2D eigenvalue weighted by Gasteiger charge is -2.04. The molecule has 4 rings (SSSR count). The Bertz CT molecular complexity index is 1170. The Balaban J connectivity index is 1.64. The van der Waals surface area contributed by atoms with E-state index < -0.39 is 10.0 Å². The highest BCUT2D eigenvalue weighted by molar-refractivity contribution is 7.89.